The summed E-state index contributed by atoms with van der Waals surface area (Å²) in [5, 5.41) is 25.7. The topological polar surface area (TPSA) is 171 Å². The molecule has 3 aromatic carbocycles. The van der Waals surface area contributed by atoms with Crippen molar-refractivity contribution in [2.45, 2.75) is 109 Å². The first-order valence-electron chi connectivity index (χ1n) is 27.8. The number of β-amino-alcohol motifs (C(OH)–C–C–N with tert-alkyl or cyclic N) is 1. The van der Waals surface area contributed by atoms with E-state index in [1.165, 1.54) is 25.0 Å². The van der Waals surface area contributed by atoms with Crippen LogP contribution in [0.15, 0.2) is 48.7 Å². The van der Waals surface area contributed by atoms with Gasteiger partial charge in [0, 0.05) is 113 Å². The van der Waals surface area contributed by atoms with Gasteiger partial charge in [-0.2, -0.15) is 9.97 Å². The number of likely N-dealkylation sites (tertiary alicyclic amines) is 1. The molecule has 6 fully saturated rings. The predicted molar refractivity (Wildman–Crippen MR) is 285 cm³/mol. The van der Waals surface area contributed by atoms with Crippen molar-refractivity contribution in [2.75, 3.05) is 94.9 Å². The number of nitrogens with one attached hydrogen (secondary N) is 1. The van der Waals surface area contributed by atoms with Crippen molar-refractivity contribution in [1.29, 1.82) is 0 Å². The molecule has 7 aliphatic rings. The molecule has 76 heavy (non-hydrogen) atoms. The number of piperidine rings is 4. The lowest BCUT2D eigenvalue weighted by atomic mass is 9.93. The Bertz CT molecular complexity index is 3070. The van der Waals surface area contributed by atoms with Crippen LogP contribution in [0.5, 0.6) is 11.8 Å². The summed E-state index contributed by atoms with van der Waals surface area (Å²) in [6.45, 7) is 15.7. The van der Waals surface area contributed by atoms with Gasteiger partial charge in [0.05, 0.1) is 17.6 Å². The number of anilines is 2. The van der Waals surface area contributed by atoms with Gasteiger partial charge >= 0.3 is 6.01 Å². The lowest BCUT2D eigenvalue weighted by Gasteiger charge is -2.44. The number of aryl methyl sites for hydroxylation is 1. The number of ether oxygens (including phenoxy) is 1. The highest BCUT2D eigenvalue weighted by atomic mass is 19.1. The van der Waals surface area contributed by atoms with Gasteiger partial charge in [0.15, 0.2) is 5.82 Å². The molecule has 16 nitrogen and oxygen atoms in total. The molecule has 0 radical (unpaired) electrons. The molecule has 18 heteroatoms. The first-order valence-corrected chi connectivity index (χ1v) is 27.8. The van der Waals surface area contributed by atoms with E-state index >= 15 is 8.78 Å². The zero-order valence-corrected chi connectivity index (χ0v) is 43.8. The van der Waals surface area contributed by atoms with Crippen molar-refractivity contribution >= 4 is 50.9 Å². The monoisotopic (exact) mass is 1040 g/mol. The fourth-order valence-electron chi connectivity index (χ4n) is 13.4. The number of amides is 3. The van der Waals surface area contributed by atoms with Crippen molar-refractivity contribution in [3.8, 4) is 23.0 Å². The van der Waals surface area contributed by atoms with Crippen LogP contribution in [0.25, 0.3) is 32.9 Å². The largest absolute Gasteiger partial charge is 0.508 e. The molecule has 12 rings (SSSR count). The number of halogens is 2. The van der Waals surface area contributed by atoms with Crippen LogP contribution < -0.4 is 19.9 Å². The third-order valence-electron chi connectivity index (χ3n) is 17.9. The van der Waals surface area contributed by atoms with E-state index in [2.05, 4.69) is 36.0 Å². The van der Waals surface area contributed by atoms with Crippen molar-refractivity contribution in [1.82, 2.24) is 39.9 Å². The van der Waals surface area contributed by atoms with Crippen LogP contribution in [0.3, 0.4) is 0 Å². The summed E-state index contributed by atoms with van der Waals surface area (Å²) in [4.78, 5) is 65.6. The zero-order chi connectivity index (χ0) is 52.5. The summed E-state index contributed by atoms with van der Waals surface area (Å²) < 4.78 is 38.9. The number of hydrogen-bond acceptors (Lipinski definition) is 14. The van der Waals surface area contributed by atoms with Crippen LogP contribution in [-0.4, -0.2) is 165 Å². The molecule has 402 valence electrons. The Kier molecular flexibility index (Phi) is 13.6. The molecule has 1 aliphatic carbocycles. The first-order chi connectivity index (χ1) is 36.7. The second-order valence-electron chi connectivity index (χ2n) is 23.3. The Morgan fingerprint density at radius 2 is 1.63 bits per heavy atom. The maximum Gasteiger partial charge on any atom is 0.319 e. The van der Waals surface area contributed by atoms with Crippen molar-refractivity contribution < 1.29 is 38.1 Å². The fourth-order valence-corrected chi connectivity index (χ4v) is 13.4. The summed E-state index contributed by atoms with van der Waals surface area (Å²) >= 11 is 0. The number of rotatable bonds is 13. The molecule has 3 amide bonds. The summed E-state index contributed by atoms with van der Waals surface area (Å²) in [6, 6.07) is 12.1. The van der Waals surface area contributed by atoms with Gasteiger partial charge in [-0.05, 0) is 148 Å². The van der Waals surface area contributed by atoms with E-state index in [0.717, 1.165) is 109 Å². The number of pyridine rings is 1. The predicted octanol–water partition coefficient (Wildman–Crippen LogP) is 6.66. The number of carbonyl (C=O) groups excluding carboxylic acids is 3. The summed E-state index contributed by atoms with van der Waals surface area (Å²) in [5.41, 5.74) is 2.38. The van der Waals surface area contributed by atoms with Crippen molar-refractivity contribution in [3.63, 3.8) is 0 Å². The van der Waals surface area contributed by atoms with Crippen LogP contribution in [-0.2, 0) is 22.6 Å². The van der Waals surface area contributed by atoms with E-state index in [9.17, 15) is 24.6 Å². The van der Waals surface area contributed by atoms with E-state index in [1.54, 1.807) is 30.2 Å². The third kappa shape index (κ3) is 10.1. The second kappa shape index (κ2) is 20.4. The highest BCUT2D eigenvalue weighted by Gasteiger charge is 2.46. The number of phenolic OH excluding ortho intramolecular Hbond substituents is 1. The zero-order valence-electron chi connectivity index (χ0n) is 43.8. The van der Waals surface area contributed by atoms with E-state index < -0.39 is 23.3 Å². The smallest absolute Gasteiger partial charge is 0.319 e. The molecule has 1 unspecified atom stereocenters. The molecule has 1 saturated carbocycles. The maximum absolute atomic E-state index is 17.2. The molecule has 6 aliphatic heterocycles. The van der Waals surface area contributed by atoms with Crippen LogP contribution >= 0.6 is 0 Å². The van der Waals surface area contributed by atoms with E-state index in [1.807, 2.05) is 24.0 Å². The minimum Gasteiger partial charge on any atom is -0.508 e. The normalized spacial score (nSPS) is 24.2. The van der Waals surface area contributed by atoms with Crippen molar-refractivity contribution in [3.05, 3.63) is 77.0 Å². The van der Waals surface area contributed by atoms with Gasteiger partial charge in [-0.3, -0.25) is 29.6 Å². The maximum atomic E-state index is 17.2. The number of aromatic nitrogens is 3. The molecule has 5 aromatic rings. The molecule has 3 N–H and O–H groups in total. The Hall–Kier alpha value is -6.08. The highest BCUT2D eigenvalue weighted by Crippen LogP contribution is 2.47. The van der Waals surface area contributed by atoms with E-state index in [0.29, 0.717) is 90.6 Å². The summed E-state index contributed by atoms with van der Waals surface area (Å²) in [5.74, 6) is -0.900. The molecular weight excluding hydrogens is 971 g/mol. The van der Waals surface area contributed by atoms with Gasteiger partial charge in [0.2, 0.25) is 11.8 Å². The highest BCUT2D eigenvalue weighted by molar-refractivity contribution is 6.06. The van der Waals surface area contributed by atoms with Crippen LogP contribution in [0.4, 0.5) is 20.3 Å². The minimum atomic E-state index is -0.962. The van der Waals surface area contributed by atoms with E-state index in [-0.39, 0.29) is 58.1 Å². The van der Waals surface area contributed by atoms with Gasteiger partial charge < -0.3 is 39.4 Å². The Morgan fingerprint density at radius 3 is 2.37 bits per heavy atom. The average Bonchev–Trinajstić information content (AvgIpc) is 4.19. The minimum absolute atomic E-state index is 0.0192. The Morgan fingerprint density at radius 1 is 0.842 bits per heavy atom. The molecule has 8 heterocycles. The van der Waals surface area contributed by atoms with Gasteiger partial charge in [-0.25, -0.2) is 8.78 Å². The number of fused-ring (bicyclic) bond motifs is 3. The molecule has 5 saturated heterocycles. The van der Waals surface area contributed by atoms with Gasteiger partial charge in [0.25, 0.3) is 5.91 Å². The lowest BCUT2D eigenvalue weighted by Crippen LogP contribution is -2.54. The Balaban J connectivity index is 0.637. The molecule has 0 bridgehead atoms. The summed E-state index contributed by atoms with van der Waals surface area (Å²) in [7, 11) is 0. The Labute approximate surface area is 442 Å². The number of carbonyl (C=O) groups is 3. The van der Waals surface area contributed by atoms with Crippen LogP contribution in [0.1, 0.15) is 99.5 Å². The van der Waals surface area contributed by atoms with Crippen molar-refractivity contribution in [2.24, 2.45) is 11.3 Å². The second-order valence-corrected chi connectivity index (χ2v) is 23.3. The quantitative estimate of drug-likeness (QED) is 0.107. The van der Waals surface area contributed by atoms with Gasteiger partial charge in [0.1, 0.15) is 34.6 Å². The number of phenols is 1. The number of benzene rings is 3. The number of aliphatic hydroxyl groups is 1. The molecule has 0 spiro atoms. The number of piperazine rings is 1. The van der Waals surface area contributed by atoms with Crippen LogP contribution in [0.2, 0.25) is 0 Å². The molecular formula is C58H70F2N10O6. The third-order valence-corrected chi connectivity index (χ3v) is 17.9. The van der Waals surface area contributed by atoms with Gasteiger partial charge in [-0.1, -0.05) is 13.0 Å². The number of nitrogens with zero attached hydrogens (tertiary/aromatic N) is 9. The lowest BCUT2D eigenvalue weighted by molar-refractivity contribution is -0.136. The van der Waals surface area contributed by atoms with Gasteiger partial charge in [-0.15, -0.1) is 0 Å². The standard InChI is InChI=1S/C58H70F2N10O6/c1-3-42-46(59)8-5-37-28-41(71)29-44(49(37)42)51-50(60)52-45(30-61-51)53(69-18-4-15-57(2,75)33-69)64-56(63-52)76-35-58(16-17-58)34-66-23-25-68(26-24-66)39-13-19-65(20-14-39)31-36-11-21-67(22-12-36)40-6-7-43-38(27-40)32-70(55(43)74)47-9-10-48(72)62-54(47)73/h5-8,27-30,36,39,47,71,75H,3-4,9-26,31-35H2,1-2H3,(H,62,72,73)/t47?,57-/m1/s1. The fraction of sp³-hybridized carbons (Fsp3) is 0.552. The first kappa shape index (κ1) is 50.7. The number of hydrogen-bond donors (Lipinski definition) is 3. The SMILES string of the molecule is CCc1c(F)ccc2cc(O)cc(-c3ncc4c(N5CCC[C@@](C)(O)C5)nc(OCC5(CN6CCN(C7CCN(CC8CCN(c9ccc%10c(c9)CN(C9CCC(=O)NC9=O)C%10=O)CC8)CC7)CC6)CC5)nc4c3F)c12. The summed E-state index contributed by atoms with van der Waals surface area (Å²) in [6.07, 6.45) is 10.6. The molecule has 2 aromatic heterocycles. The molecule has 2 atom stereocenters. The average molecular weight is 1040 g/mol. The number of aromatic hydroxyl groups is 1. The number of imide groups is 1. The van der Waals surface area contributed by atoms with Crippen LogP contribution in [0, 0.1) is 23.0 Å². The van der Waals surface area contributed by atoms with E-state index in [4.69, 9.17) is 14.7 Å².